The molecule has 3 aliphatic rings. The number of aromatic nitrogens is 3. The molecule has 1 amide bonds. The van der Waals surface area contributed by atoms with Crippen molar-refractivity contribution in [3.8, 4) is 11.3 Å². The standard InChI is InChI=1S/C26H31N9O3S2/c36-26(40-30-25-27-21(18-39-25)19-5-7-20(8-6-19)35(37)38)34-15-13-32(14-16-34)23-17-22(31-9-1-2-10-31)28-24(29-23)33-11-3-4-12-33/h5-8,17-18H,1-4,9-16H2,(H,27,30). The first-order chi connectivity index (χ1) is 19.5. The van der Waals surface area contributed by atoms with E-state index in [4.69, 9.17) is 9.97 Å². The molecule has 0 atom stereocenters. The van der Waals surface area contributed by atoms with Crippen molar-refractivity contribution < 1.29 is 9.72 Å². The van der Waals surface area contributed by atoms with Crippen LogP contribution in [0.1, 0.15) is 25.7 Å². The summed E-state index contributed by atoms with van der Waals surface area (Å²) >= 11 is 2.41. The van der Waals surface area contributed by atoms with E-state index in [9.17, 15) is 14.9 Å². The number of rotatable bonds is 7. The number of nitro benzene ring substituents is 1. The number of amides is 1. The lowest BCUT2D eigenvalue weighted by molar-refractivity contribution is -0.384. The van der Waals surface area contributed by atoms with Gasteiger partial charge in [-0.3, -0.25) is 19.6 Å². The maximum absolute atomic E-state index is 12.9. The van der Waals surface area contributed by atoms with E-state index in [0.717, 1.165) is 61.3 Å². The van der Waals surface area contributed by atoms with Crippen LogP contribution in [0.15, 0.2) is 35.7 Å². The van der Waals surface area contributed by atoms with E-state index in [1.54, 1.807) is 12.1 Å². The summed E-state index contributed by atoms with van der Waals surface area (Å²) < 4.78 is 3.06. The minimum atomic E-state index is -0.425. The summed E-state index contributed by atoms with van der Waals surface area (Å²) in [7, 11) is 0. The normalized spacial score (nSPS) is 17.5. The van der Waals surface area contributed by atoms with Gasteiger partial charge in [0, 0.05) is 93.4 Å². The van der Waals surface area contributed by atoms with Crippen LogP contribution in [0.4, 0.5) is 33.2 Å². The maximum Gasteiger partial charge on any atom is 0.302 e. The Morgan fingerprint density at radius 1 is 0.850 bits per heavy atom. The van der Waals surface area contributed by atoms with E-state index in [1.807, 2.05) is 10.3 Å². The van der Waals surface area contributed by atoms with Gasteiger partial charge < -0.3 is 19.6 Å². The zero-order valence-corrected chi connectivity index (χ0v) is 23.7. The molecule has 0 aliphatic carbocycles. The van der Waals surface area contributed by atoms with Crippen molar-refractivity contribution in [1.82, 2.24) is 19.9 Å². The SMILES string of the molecule is O=C(SNc1nc(-c2ccc([N+](=O)[O-])cc2)cs1)N1CCN(c2cc(N3CCCC3)nc(N3CCCC3)n2)CC1. The second-order valence-electron chi connectivity index (χ2n) is 10.1. The summed E-state index contributed by atoms with van der Waals surface area (Å²) in [6.45, 7) is 6.73. The van der Waals surface area contributed by atoms with E-state index in [1.165, 1.54) is 49.2 Å². The first-order valence-corrected chi connectivity index (χ1v) is 15.3. The third-order valence-electron chi connectivity index (χ3n) is 7.47. The molecule has 0 bridgehead atoms. The van der Waals surface area contributed by atoms with Crippen LogP contribution in [-0.4, -0.2) is 82.4 Å². The van der Waals surface area contributed by atoms with E-state index in [2.05, 4.69) is 30.5 Å². The molecule has 3 aliphatic heterocycles. The largest absolute Gasteiger partial charge is 0.356 e. The van der Waals surface area contributed by atoms with E-state index in [-0.39, 0.29) is 10.9 Å². The molecule has 0 spiro atoms. The molecule has 2 aromatic heterocycles. The molecule has 5 heterocycles. The zero-order valence-electron chi connectivity index (χ0n) is 22.1. The van der Waals surface area contributed by atoms with Crippen LogP contribution in [0, 0.1) is 10.1 Å². The van der Waals surface area contributed by atoms with Crippen molar-refractivity contribution in [2.75, 3.05) is 71.8 Å². The number of piperazine rings is 1. The van der Waals surface area contributed by atoms with Crippen molar-refractivity contribution in [2.24, 2.45) is 0 Å². The molecule has 14 heteroatoms. The first kappa shape index (κ1) is 26.6. The number of carbonyl (C=O) groups is 1. The average molecular weight is 582 g/mol. The number of nitro groups is 1. The Labute approximate surface area is 240 Å². The van der Waals surface area contributed by atoms with Gasteiger partial charge in [0.1, 0.15) is 11.6 Å². The second kappa shape index (κ2) is 11.8. The fraction of sp³-hybridized carbons (Fsp3) is 0.462. The van der Waals surface area contributed by atoms with Gasteiger partial charge in [-0.2, -0.15) is 9.97 Å². The van der Waals surface area contributed by atoms with Crippen LogP contribution in [0.3, 0.4) is 0 Å². The van der Waals surface area contributed by atoms with Crippen LogP contribution in [-0.2, 0) is 0 Å². The molecule has 0 saturated carbocycles. The predicted octanol–water partition coefficient (Wildman–Crippen LogP) is 4.71. The molecular formula is C26H31N9O3S2. The number of nitrogens with one attached hydrogen (secondary N) is 1. The molecule has 0 unspecified atom stereocenters. The molecule has 210 valence electrons. The van der Waals surface area contributed by atoms with Crippen LogP contribution in [0.5, 0.6) is 0 Å². The lowest BCUT2D eigenvalue weighted by atomic mass is 10.1. The number of benzene rings is 1. The van der Waals surface area contributed by atoms with Crippen LogP contribution < -0.4 is 19.4 Å². The molecule has 40 heavy (non-hydrogen) atoms. The molecule has 1 N–H and O–H groups in total. The zero-order chi connectivity index (χ0) is 27.5. The fourth-order valence-electron chi connectivity index (χ4n) is 5.22. The van der Waals surface area contributed by atoms with Gasteiger partial charge in [0.2, 0.25) is 5.95 Å². The first-order valence-electron chi connectivity index (χ1n) is 13.6. The lowest BCUT2D eigenvalue weighted by Crippen LogP contribution is -2.48. The number of hydrogen-bond donors (Lipinski definition) is 1. The fourth-order valence-corrected chi connectivity index (χ4v) is 6.63. The predicted molar refractivity (Wildman–Crippen MR) is 160 cm³/mol. The van der Waals surface area contributed by atoms with Gasteiger partial charge in [-0.1, -0.05) is 0 Å². The molecule has 3 fully saturated rings. The molecule has 6 rings (SSSR count). The third-order valence-corrected chi connectivity index (χ3v) is 9.09. The topological polar surface area (TPSA) is 124 Å². The highest BCUT2D eigenvalue weighted by molar-refractivity contribution is 8.14. The number of hydrogen-bond acceptors (Lipinski definition) is 12. The van der Waals surface area contributed by atoms with Gasteiger partial charge in [0.05, 0.1) is 10.6 Å². The average Bonchev–Trinajstić information content (AvgIpc) is 3.79. The summed E-state index contributed by atoms with van der Waals surface area (Å²) in [5, 5.41) is 13.3. The second-order valence-corrected chi connectivity index (χ2v) is 11.7. The summed E-state index contributed by atoms with van der Waals surface area (Å²) in [5.41, 5.74) is 1.53. The number of nitrogens with zero attached hydrogens (tertiary/aromatic N) is 8. The molecule has 3 saturated heterocycles. The summed E-state index contributed by atoms with van der Waals surface area (Å²) in [4.78, 5) is 46.5. The minimum absolute atomic E-state index is 0.0392. The Kier molecular flexibility index (Phi) is 7.86. The summed E-state index contributed by atoms with van der Waals surface area (Å²) in [6, 6.07) is 8.38. The highest BCUT2D eigenvalue weighted by atomic mass is 32.2. The molecule has 3 aromatic rings. The highest BCUT2D eigenvalue weighted by Gasteiger charge is 2.26. The van der Waals surface area contributed by atoms with Gasteiger partial charge >= 0.3 is 5.24 Å². The monoisotopic (exact) mass is 581 g/mol. The Balaban J connectivity index is 1.04. The Hall–Kier alpha value is -3.65. The highest BCUT2D eigenvalue weighted by Crippen LogP contribution is 2.30. The minimum Gasteiger partial charge on any atom is -0.356 e. The summed E-state index contributed by atoms with van der Waals surface area (Å²) in [6.07, 6.45) is 4.76. The van der Waals surface area contributed by atoms with E-state index in [0.29, 0.717) is 37.0 Å². The van der Waals surface area contributed by atoms with Crippen LogP contribution in [0.2, 0.25) is 0 Å². The van der Waals surface area contributed by atoms with Crippen molar-refractivity contribution in [2.45, 2.75) is 25.7 Å². The Morgan fingerprint density at radius 3 is 2.08 bits per heavy atom. The van der Waals surface area contributed by atoms with Gasteiger partial charge in [-0.05, 0) is 37.8 Å². The van der Waals surface area contributed by atoms with Crippen molar-refractivity contribution in [3.05, 3.63) is 45.8 Å². The van der Waals surface area contributed by atoms with Gasteiger partial charge in [-0.25, -0.2) is 4.98 Å². The Bertz CT molecular complexity index is 1320. The quantitative estimate of drug-likeness (QED) is 0.237. The van der Waals surface area contributed by atoms with Gasteiger partial charge in [-0.15, -0.1) is 11.3 Å². The van der Waals surface area contributed by atoms with Crippen LogP contribution >= 0.6 is 23.3 Å². The number of carbonyl (C=O) groups excluding carboxylic acids is 1. The van der Waals surface area contributed by atoms with E-state index >= 15 is 0 Å². The molecule has 0 radical (unpaired) electrons. The lowest BCUT2D eigenvalue weighted by Gasteiger charge is -2.35. The molecule has 12 nitrogen and oxygen atoms in total. The van der Waals surface area contributed by atoms with Crippen LogP contribution in [0.25, 0.3) is 11.3 Å². The molecular weight excluding hydrogens is 550 g/mol. The van der Waals surface area contributed by atoms with Crippen molar-refractivity contribution >= 4 is 56.9 Å². The smallest absolute Gasteiger partial charge is 0.302 e. The third kappa shape index (κ3) is 5.92. The van der Waals surface area contributed by atoms with Gasteiger partial charge in [0.15, 0.2) is 5.13 Å². The molecule has 1 aromatic carbocycles. The maximum atomic E-state index is 12.9. The number of non-ortho nitro benzene ring substituents is 1. The summed E-state index contributed by atoms with van der Waals surface area (Å²) in [5.74, 6) is 2.78. The van der Waals surface area contributed by atoms with Crippen molar-refractivity contribution in [1.29, 1.82) is 0 Å². The number of anilines is 4. The number of thiazole rings is 1. The van der Waals surface area contributed by atoms with Gasteiger partial charge in [0.25, 0.3) is 5.69 Å². The Morgan fingerprint density at radius 2 is 1.45 bits per heavy atom. The van der Waals surface area contributed by atoms with E-state index < -0.39 is 4.92 Å². The van der Waals surface area contributed by atoms with Crippen molar-refractivity contribution in [3.63, 3.8) is 0 Å².